The highest BCUT2D eigenvalue weighted by Gasteiger charge is 2.15. The Bertz CT molecular complexity index is 1120. The van der Waals surface area contributed by atoms with Gasteiger partial charge in [-0.05, 0) is 60.2 Å². The molecule has 154 valence electrons. The van der Waals surface area contributed by atoms with Crippen LogP contribution in [0, 0.1) is 17.1 Å². The van der Waals surface area contributed by atoms with Crippen LogP contribution in [-0.4, -0.2) is 17.6 Å². The van der Waals surface area contributed by atoms with Crippen molar-refractivity contribution in [3.8, 4) is 6.07 Å². The first kappa shape index (κ1) is 21.8. The molecule has 0 spiro atoms. The number of thioether (sulfide) groups is 1. The topological polar surface area (TPSA) is 82.0 Å². The summed E-state index contributed by atoms with van der Waals surface area (Å²) in [6.45, 7) is 0. The largest absolute Gasteiger partial charge is 0.321 e. The smallest absolute Gasteiger partial charge is 0.272 e. The second-order valence-electron chi connectivity index (χ2n) is 6.36. The monoisotopic (exact) mass is 431 g/mol. The van der Waals surface area contributed by atoms with Crippen LogP contribution in [0.4, 0.5) is 10.1 Å². The van der Waals surface area contributed by atoms with Crippen molar-refractivity contribution in [1.29, 1.82) is 5.26 Å². The van der Waals surface area contributed by atoms with Crippen LogP contribution in [0.1, 0.15) is 15.9 Å². The van der Waals surface area contributed by atoms with E-state index in [9.17, 15) is 14.0 Å². The fraction of sp³-hybridized carbons (Fsp3) is 0.0417. The fourth-order valence-corrected chi connectivity index (χ4v) is 3.18. The molecule has 0 fully saturated rings. The maximum Gasteiger partial charge on any atom is 0.272 e. The molecular formula is C24H18FN3O2S. The summed E-state index contributed by atoms with van der Waals surface area (Å²) in [5, 5.41) is 14.0. The highest BCUT2D eigenvalue weighted by atomic mass is 32.2. The summed E-state index contributed by atoms with van der Waals surface area (Å²) in [4.78, 5) is 26.4. The number of benzene rings is 3. The van der Waals surface area contributed by atoms with Crippen molar-refractivity contribution >= 4 is 35.3 Å². The van der Waals surface area contributed by atoms with Crippen LogP contribution in [0.5, 0.6) is 0 Å². The predicted molar refractivity (Wildman–Crippen MR) is 120 cm³/mol. The van der Waals surface area contributed by atoms with E-state index in [1.165, 1.54) is 42.1 Å². The second-order valence-corrected chi connectivity index (χ2v) is 7.40. The minimum absolute atomic E-state index is 0.0170. The number of rotatable bonds is 7. The Morgan fingerprint density at radius 2 is 1.65 bits per heavy atom. The standard InChI is InChI=1S/C24H18FN3O2S/c25-19-8-6-17(7-9-19)16-22(28-23(29)18-4-2-1-3-5-18)24(30)27-20-10-12-21(13-11-20)31-15-14-26/h1-13,16H,15H2,(H,27,30)(H,28,29)/b22-16-. The van der Waals surface area contributed by atoms with Crippen molar-refractivity contribution in [2.45, 2.75) is 4.90 Å². The van der Waals surface area contributed by atoms with Gasteiger partial charge in [-0.15, -0.1) is 11.8 Å². The number of anilines is 1. The first-order valence-corrected chi connectivity index (χ1v) is 10.3. The van der Waals surface area contributed by atoms with Crippen LogP contribution >= 0.6 is 11.8 Å². The Morgan fingerprint density at radius 1 is 0.968 bits per heavy atom. The van der Waals surface area contributed by atoms with E-state index in [-0.39, 0.29) is 5.70 Å². The quantitative estimate of drug-likeness (QED) is 0.414. The third-order valence-electron chi connectivity index (χ3n) is 4.13. The number of nitrogens with one attached hydrogen (secondary N) is 2. The van der Waals surface area contributed by atoms with E-state index >= 15 is 0 Å². The first-order valence-electron chi connectivity index (χ1n) is 9.30. The van der Waals surface area contributed by atoms with Gasteiger partial charge in [0.05, 0.1) is 11.8 Å². The van der Waals surface area contributed by atoms with E-state index in [0.29, 0.717) is 22.6 Å². The van der Waals surface area contributed by atoms with E-state index in [1.807, 2.05) is 0 Å². The number of carbonyl (C=O) groups is 2. The molecule has 0 saturated heterocycles. The molecule has 0 aliphatic carbocycles. The lowest BCUT2D eigenvalue weighted by molar-refractivity contribution is -0.113. The summed E-state index contributed by atoms with van der Waals surface area (Å²) >= 11 is 1.39. The molecule has 0 heterocycles. The fourth-order valence-electron chi connectivity index (χ4n) is 2.62. The molecule has 0 unspecified atom stereocenters. The van der Waals surface area contributed by atoms with E-state index in [2.05, 4.69) is 16.7 Å². The number of halogens is 1. The molecule has 0 radical (unpaired) electrons. The molecule has 3 aromatic carbocycles. The number of nitrogens with zero attached hydrogens (tertiary/aromatic N) is 1. The number of carbonyl (C=O) groups excluding carboxylic acids is 2. The van der Waals surface area contributed by atoms with E-state index in [0.717, 1.165) is 4.90 Å². The molecule has 3 rings (SSSR count). The predicted octanol–water partition coefficient (Wildman–Crippen LogP) is 4.85. The van der Waals surface area contributed by atoms with Gasteiger partial charge in [-0.3, -0.25) is 9.59 Å². The maximum atomic E-state index is 13.2. The number of nitriles is 1. The van der Waals surface area contributed by atoms with Crippen molar-refractivity contribution in [2.75, 3.05) is 11.1 Å². The molecule has 2 N–H and O–H groups in total. The first-order chi connectivity index (χ1) is 15.0. The van der Waals surface area contributed by atoms with Gasteiger partial charge < -0.3 is 10.6 Å². The summed E-state index contributed by atoms with van der Waals surface area (Å²) in [5.74, 6) is -1.02. The van der Waals surface area contributed by atoms with Crippen molar-refractivity contribution in [2.24, 2.45) is 0 Å². The Balaban J connectivity index is 1.81. The Hall–Kier alpha value is -3.89. The molecule has 0 atom stereocenters. The average Bonchev–Trinajstić information content (AvgIpc) is 2.80. The highest BCUT2D eigenvalue weighted by molar-refractivity contribution is 7.99. The van der Waals surface area contributed by atoms with Crippen LogP contribution in [0.25, 0.3) is 6.08 Å². The Kier molecular flexibility index (Phi) is 7.57. The van der Waals surface area contributed by atoms with Crippen molar-refractivity contribution in [1.82, 2.24) is 5.32 Å². The van der Waals surface area contributed by atoms with Gasteiger partial charge in [0, 0.05) is 16.1 Å². The van der Waals surface area contributed by atoms with Gasteiger partial charge in [-0.25, -0.2) is 4.39 Å². The highest BCUT2D eigenvalue weighted by Crippen LogP contribution is 2.20. The summed E-state index contributed by atoms with van der Waals surface area (Å²) in [6, 6.07) is 23.2. The van der Waals surface area contributed by atoms with Crippen LogP contribution in [0.2, 0.25) is 0 Å². The van der Waals surface area contributed by atoms with Crippen LogP contribution in [-0.2, 0) is 4.79 Å². The summed E-state index contributed by atoms with van der Waals surface area (Å²) in [6.07, 6.45) is 1.48. The summed E-state index contributed by atoms with van der Waals surface area (Å²) in [7, 11) is 0. The Labute approximate surface area is 183 Å². The average molecular weight is 431 g/mol. The third-order valence-corrected chi connectivity index (χ3v) is 5.00. The zero-order chi connectivity index (χ0) is 22.1. The molecule has 31 heavy (non-hydrogen) atoms. The molecule has 0 saturated carbocycles. The van der Waals surface area contributed by atoms with Gasteiger partial charge in [0.25, 0.3) is 11.8 Å². The third kappa shape index (κ3) is 6.56. The summed E-state index contributed by atoms with van der Waals surface area (Å²) < 4.78 is 13.2. The zero-order valence-corrected chi connectivity index (χ0v) is 17.2. The van der Waals surface area contributed by atoms with Gasteiger partial charge in [0.2, 0.25) is 0 Å². The van der Waals surface area contributed by atoms with Gasteiger partial charge in [-0.2, -0.15) is 5.26 Å². The lowest BCUT2D eigenvalue weighted by Gasteiger charge is -2.12. The van der Waals surface area contributed by atoms with Gasteiger partial charge in [0.1, 0.15) is 11.5 Å². The molecular weight excluding hydrogens is 413 g/mol. The van der Waals surface area contributed by atoms with E-state index in [4.69, 9.17) is 5.26 Å². The van der Waals surface area contributed by atoms with E-state index < -0.39 is 17.6 Å². The van der Waals surface area contributed by atoms with Gasteiger partial charge in [-0.1, -0.05) is 30.3 Å². The second kappa shape index (κ2) is 10.8. The molecule has 5 nitrogen and oxygen atoms in total. The van der Waals surface area contributed by atoms with Crippen molar-refractivity contribution in [3.05, 3.63) is 102 Å². The molecule has 0 aromatic heterocycles. The Morgan fingerprint density at radius 3 is 2.29 bits per heavy atom. The lowest BCUT2D eigenvalue weighted by atomic mass is 10.1. The minimum Gasteiger partial charge on any atom is -0.321 e. The minimum atomic E-state index is -0.522. The lowest BCUT2D eigenvalue weighted by Crippen LogP contribution is -2.30. The molecule has 0 aliphatic rings. The summed E-state index contributed by atoms with van der Waals surface area (Å²) in [5.41, 5.74) is 1.51. The number of hydrogen-bond acceptors (Lipinski definition) is 4. The van der Waals surface area contributed by atoms with Crippen LogP contribution in [0.15, 0.2) is 89.5 Å². The number of hydrogen-bond donors (Lipinski definition) is 2. The van der Waals surface area contributed by atoms with Crippen LogP contribution in [0.3, 0.4) is 0 Å². The SMILES string of the molecule is N#CCSc1ccc(NC(=O)/C(=C/c2ccc(F)cc2)NC(=O)c2ccccc2)cc1. The molecule has 7 heteroatoms. The molecule has 3 aromatic rings. The molecule has 0 aliphatic heterocycles. The zero-order valence-electron chi connectivity index (χ0n) is 16.3. The van der Waals surface area contributed by atoms with Crippen molar-refractivity contribution in [3.63, 3.8) is 0 Å². The molecule has 0 bridgehead atoms. The van der Waals surface area contributed by atoms with Crippen LogP contribution < -0.4 is 10.6 Å². The number of amides is 2. The molecule has 2 amide bonds. The maximum absolute atomic E-state index is 13.2. The van der Waals surface area contributed by atoms with E-state index in [1.54, 1.807) is 54.6 Å². The normalized spacial score (nSPS) is 10.8. The van der Waals surface area contributed by atoms with Gasteiger partial charge >= 0.3 is 0 Å². The van der Waals surface area contributed by atoms with Gasteiger partial charge in [0.15, 0.2) is 0 Å². The van der Waals surface area contributed by atoms with Crippen molar-refractivity contribution < 1.29 is 14.0 Å².